The van der Waals surface area contributed by atoms with Gasteiger partial charge in [0.2, 0.25) is 0 Å². The van der Waals surface area contributed by atoms with Crippen molar-refractivity contribution in [2.75, 3.05) is 6.54 Å². The number of rotatable bonds is 3. The second-order valence-electron chi connectivity index (χ2n) is 7.11. The van der Waals surface area contributed by atoms with Crippen LogP contribution in [-0.2, 0) is 13.0 Å². The lowest BCUT2D eigenvalue weighted by molar-refractivity contribution is 0.0731. The van der Waals surface area contributed by atoms with Crippen molar-refractivity contribution in [1.82, 2.24) is 4.90 Å². The molecule has 0 fully saturated rings. The second kappa shape index (κ2) is 7.46. The first-order valence-electron chi connectivity index (χ1n) is 9.16. The van der Waals surface area contributed by atoms with Crippen molar-refractivity contribution in [3.63, 3.8) is 0 Å². The van der Waals surface area contributed by atoms with Crippen molar-refractivity contribution < 1.29 is 9.53 Å². The van der Waals surface area contributed by atoms with Crippen molar-refractivity contribution in [2.45, 2.75) is 32.9 Å². The van der Waals surface area contributed by atoms with Crippen LogP contribution in [0.5, 0.6) is 5.75 Å². The fraction of sp³-hybridized carbons (Fsp3) is 0.273. The number of halogens is 1. The molecule has 2 heterocycles. The van der Waals surface area contributed by atoms with Crippen LogP contribution in [0.15, 0.2) is 36.4 Å². The number of ether oxygens (including phenoxy) is 1. The Labute approximate surface area is 172 Å². The number of nitrogens with zero attached hydrogens (tertiary/aromatic N) is 2. The summed E-state index contributed by atoms with van der Waals surface area (Å²) in [5.41, 5.74) is 2.19. The monoisotopic (exact) mass is 410 g/mol. The van der Waals surface area contributed by atoms with Gasteiger partial charge < -0.3 is 9.64 Å². The molecule has 0 radical (unpaired) electrons. The van der Waals surface area contributed by atoms with Crippen molar-refractivity contribution in [3.05, 3.63) is 63.0 Å². The van der Waals surface area contributed by atoms with Crippen LogP contribution in [-0.4, -0.2) is 23.5 Å². The van der Waals surface area contributed by atoms with Crippen molar-refractivity contribution in [2.24, 2.45) is 0 Å². The number of fused-ring (bicyclic) bond motifs is 3. The number of hydrogen-bond acceptors (Lipinski definition) is 4. The van der Waals surface area contributed by atoms with Crippen LogP contribution >= 0.6 is 22.9 Å². The SMILES string of the molecule is CC(C)Oc1ccc(C#N)cc1C(=O)N1CCc2c(sc3ccc(Cl)cc23)C1. The van der Waals surface area contributed by atoms with E-state index in [2.05, 4.69) is 6.07 Å². The third kappa shape index (κ3) is 3.46. The zero-order valence-corrected chi connectivity index (χ0v) is 17.2. The van der Waals surface area contributed by atoms with E-state index >= 15 is 0 Å². The van der Waals surface area contributed by atoms with E-state index in [-0.39, 0.29) is 12.0 Å². The van der Waals surface area contributed by atoms with Gasteiger partial charge in [-0.3, -0.25) is 4.79 Å². The molecule has 0 N–H and O–H groups in total. The van der Waals surface area contributed by atoms with Crippen LogP contribution in [0, 0.1) is 11.3 Å². The Hall–Kier alpha value is -2.55. The zero-order chi connectivity index (χ0) is 19.8. The fourth-order valence-electron chi connectivity index (χ4n) is 3.54. The standard InChI is InChI=1S/C22H19ClN2O2S/c1-13(2)27-19-5-3-14(11-24)9-18(19)22(26)25-8-7-16-17-10-15(23)4-6-20(17)28-21(16)12-25/h3-6,9-10,13H,7-8,12H2,1-2H3. The molecule has 28 heavy (non-hydrogen) atoms. The molecule has 0 spiro atoms. The van der Waals surface area contributed by atoms with Gasteiger partial charge in [0, 0.05) is 21.1 Å². The molecule has 6 heteroatoms. The molecule has 1 aliphatic rings. The maximum absolute atomic E-state index is 13.3. The number of benzene rings is 2. The third-order valence-electron chi connectivity index (χ3n) is 4.79. The number of thiophene rings is 1. The van der Waals surface area contributed by atoms with Crippen LogP contribution in [0.2, 0.25) is 5.02 Å². The van der Waals surface area contributed by atoms with E-state index in [1.54, 1.807) is 29.5 Å². The molecular formula is C22H19ClN2O2S. The largest absolute Gasteiger partial charge is 0.490 e. The van der Waals surface area contributed by atoms with Crippen LogP contribution < -0.4 is 4.74 Å². The number of nitriles is 1. The number of hydrogen-bond donors (Lipinski definition) is 0. The first-order chi connectivity index (χ1) is 13.5. The average Bonchev–Trinajstić information content (AvgIpc) is 3.04. The van der Waals surface area contributed by atoms with Gasteiger partial charge in [-0.2, -0.15) is 5.26 Å². The normalized spacial score (nSPS) is 13.5. The van der Waals surface area contributed by atoms with Crippen LogP contribution in [0.3, 0.4) is 0 Å². The Morgan fingerprint density at radius 1 is 1.29 bits per heavy atom. The zero-order valence-electron chi connectivity index (χ0n) is 15.7. The lowest BCUT2D eigenvalue weighted by Crippen LogP contribution is -2.35. The van der Waals surface area contributed by atoms with Crippen molar-refractivity contribution >= 4 is 38.9 Å². The molecule has 2 aromatic carbocycles. The molecule has 3 aromatic rings. The molecular weight excluding hydrogens is 392 g/mol. The van der Waals surface area contributed by atoms with Gasteiger partial charge in [-0.05, 0) is 67.6 Å². The van der Waals surface area contributed by atoms with Crippen LogP contribution in [0.25, 0.3) is 10.1 Å². The first kappa shape index (κ1) is 18.8. The maximum Gasteiger partial charge on any atom is 0.258 e. The summed E-state index contributed by atoms with van der Waals surface area (Å²) in [6, 6.07) is 13.1. The minimum Gasteiger partial charge on any atom is -0.490 e. The van der Waals surface area contributed by atoms with Gasteiger partial charge in [0.1, 0.15) is 5.75 Å². The van der Waals surface area contributed by atoms with E-state index in [1.165, 1.54) is 20.5 Å². The Morgan fingerprint density at radius 2 is 2.11 bits per heavy atom. The van der Waals surface area contributed by atoms with Crippen LogP contribution in [0.4, 0.5) is 0 Å². The highest BCUT2D eigenvalue weighted by Gasteiger charge is 2.27. The van der Waals surface area contributed by atoms with E-state index in [9.17, 15) is 10.1 Å². The highest BCUT2D eigenvalue weighted by Crippen LogP contribution is 2.37. The molecule has 0 unspecified atom stereocenters. The minimum absolute atomic E-state index is 0.0558. The lowest BCUT2D eigenvalue weighted by Gasteiger charge is -2.28. The van der Waals surface area contributed by atoms with Gasteiger partial charge in [-0.15, -0.1) is 11.3 Å². The first-order valence-corrected chi connectivity index (χ1v) is 10.4. The highest BCUT2D eigenvalue weighted by atomic mass is 35.5. The number of carbonyl (C=O) groups is 1. The summed E-state index contributed by atoms with van der Waals surface area (Å²) in [5, 5.41) is 11.2. The molecule has 4 rings (SSSR count). The molecule has 1 aromatic heterocycles. The summed E-state index contributed by atoms with van der Waals surface area (Å²) in [5.74, 6) is 0.418. The molecule has 0 saturated carbocycles. The molecule has 0 saturated heterocycles. The van der Waals surface area contributed by atoms with E-state index < -0.39 is 0 Å². The summed E-state index contributed by atoms with van der Waals surface area (Å²) in [4.78, 5) is 16.3. The van der Waals surface area contributed by atoms with Gasteiger partial charge in [0.05, 0.1) is 29.8 Å². The summed E-state index contributed by atoms with van der Waals surface area (Å²) in [6.07, 6.45) is 0.736. The molecule has 0 bridgehead atoms. The fourth-order valence-corrected chi connectivity index (χ4v) is 4.96. The predicted molar refractivity (Wildman–Crippen MR) is 112 cm³/mol. The Bertz CT molecular complexity index is 1110. The maximum atomic E-state index is 13.3. The van der Waals surface area contributed by atoms with Gasteiger partial charge in [0.15, 0.2) is 0 Å². The Balaban J connectivity index is 1.67. The Morgan fingerprint density at radius 3 is 2.86 bits per heavy atom. The highest BCUT2D eigenvalue weighted by molar-refractivity contribution is 7.19. The third-order valence-corrected chi connectivity index (χ3v) is 6.22. The molecule has 142 valence electrons. The van der Waals surface area contributed by atoms with Gasteiger partial charge in [-0.25, -0.2) is 0 Å². The van der Waals surface area contributed by atoms with E-state index in [4.69, 9.17) is 16.3 Å². The quantitative estimate of drug-likeness (QED) is 0.579. The van der Waals surface area contributed by atoms with Crippen molar-refractivity contribution in [1.29, 1.82) is 5.26 Å². The summed E-state index contributed by atoms with van der Waals surface area (Å²) >= 11 is 7.88. The summed E-state index contributed by atoms with van der Waals surface area (Å²) in [6.45, 7) is 5.02. The number of amides is 1. The topological polar surface area (TPSA) is 53.3 Å². The predicted octanol–water partition coefficient (Wildman–Crippen LogP) is 5.41. The van der Waals surface area contributed by atoms with Gasteiger partial charge >= 0.3 is 0 Å². The number of carbonyl (C=O) groups excluding carboxylic acids is 1. The smallest absolute Gasteiger partial charge is 0.258 e. The summed E-state index contributed by atoms with van der Waals surface area (Å²) < 4.78 is 7.01. The average molecular weight is 411 g/mol. The van der Waals surface area contributed by atoms with Gasteiger partial charge in [0.25, 0.3) is 5.91 Å². The molecule has 0 atom stereocenters. The molecule has 0 aliphatic carbocycles. The lowest BCUT2D eigenvalue weighted by atomic mass is 10.0. The van der Waals surface area contributed by atoms with E-state index in [0.717, 1.165) is 11.4 Å². The molecule has 4 nitrogen and oxygen atoms in total. The molecule has 1 amide bonds. The minimum atomic E-state index is -0.103. The van der Waals surface area contributed by atoms with Crippen molar-refractivity contribution in [3.8, 4) is 11.8 Å². The van der Waals surface area contributed by atoms with Crippen LogP contribution in [0.1, 0.15) is 40.2 Å². The second-order valence-corrected chi connectivity index (χ2v) is 8.68. The Kier molecular flexibility index (Phi) is 5.01. The molecule has 1 aliphatic heterocycles. The van der Waals surface area contributed by atoms with Gasteiger partial charge in [-0.1, -0.05) is 11.6 Å². The van der Waals surface area contributed by atoms with E-state index in [0.29, 0.717) is 30.0 Å². The van der Waals surface area contributed by atoms with E-state index in [1.807, 2.05) is 36.9 Å². The summed E-state index contributed by atoms with van der Waals surface area (Å²) in [7, 11) is 0.